The highest BCUT2D eigenvalue weighted by molar-refractivity contribution is 6.04. The van der Waals surface area contributed by atoms with Crippen molar-refractivity contribution in [3.63, 3.8) is 0 Å². The topological polar surface area (TPSA) is 58.1 Å². The van der Waals surface area contributed by atoms with Crippen molar-refractivity contribution in [2.75, 3.05) is 16.8 Å². The maximum atomic E-state index is 13.2. The summed E-state index contributed by atoms with van der Waals surface area (Å²) in [5.74, 6) is 0.326. The zero-order valence-corrected chi connectivity index (χ0v) is 14.8. The van der Waals surface area contributed by atoms with E-state index in [1.165, 1.54) is 0 Å². The molecule has 5 nitrogen and oxygen atoms in total. The molecule has 3 rings (SSSR count). The fourth-order valence-corrected chi connectivity index (χ4v) is 2.59. The smallest absolute Gasteiger partial charge is 0.277 e. The van der Waals surface area contributed by atoms with Crippen molar-refractivity contribution in [3.05, 3.63) is 84.2 Å². The number of hydrogen-bond donors (Lipinski definition) is 1. The fourth-order valence-electron chi connectivity index (χ4n) is 2.59. The number of rotatable bonds is 7. The summed E-state index contributed by atoms with van der Waals surface area (Å²) in [6.07, 6.45) is 2.58. The number of nitrogens with zero attached hydrogens (tertiary/aromatic N) is 3. The van der Waals surface area contributed by atoms with Crippen LogP contribution in [0, 0.1) is 0 Å². The highest BCUT2D eigenvalue weighted by atomic mass is 16.2. The highest BCUT2D eigenvalue weighted by Crippen LogP contribution is 2.19. The molecule has 1 heterocycles. The van der Waals surface area contributed by atoms with Crippen LogP contribution in [0.25, 0.3) is 0 Å². The summed E-state index contributed by atoms with van der Waals surface area (Å²) in [6, 6.07) is 21.2. The summed E-state index contributed by atoms with van der Waals surface area (Å²) >= 11 is 0. The van der Waals surface area contributed by atoms with E-state index < -0.39 is 0 Å². The predicted octanol–water partition coefficient (Wildman–Crippen LogP) is 4.15. The molecule has 5 heteroatoms. The summed E-state index contributed by atoms with van der Waals surface area (Å²) in [7, 11) is 0. The number of para-hydroxylation sites is 1. The van der Waals surface area contributed by atoms with Crippen LogP contribution in [0.4, 0.5) is 11.6 Å². The summed E-state index contributed by atoms with van der Waals surface area (Å²) < 4.78 is 0. The summed E-state index contributed by atoms with van der Waals surface area (Å²) in [6.45, 7) is 3.31. The van der Waals surface area contributed by atoms with Crippen molar-refractivity contribution in [1.29, 1.82) is 0 Å². The van der Waals surface area contributed by atoms with Gasteiger partial charge in [-0.1, -0.05) is 55.5 Å². The Labute approximate surface area is 153 Å². The predicted molar refractivity (Wildman–Crippen MR) is 104 cm³/mol. The van der Waals surface area contributed by atoms with E-state index in [0.29, 0.717) is 18.2 Å². The van der Waals surface area contributed by atoms with Crippen LogP contribution in [0.2, 0.25) is 0 Å². The number of nitrogens with one attached hydrogen (secondary N) is 1. The van der Waals surface area contributed by atoms with E-state index in [2.05, 4.69) is 22.2 Å². The lowest BCUT2D eigenvalue weighted by Crippen LogP contribution is -2.31. The lowest BCUT2D eigenvalue weighted by Gasteiger charge is -2.23. The number of hydrogen-bond acceptors (Lipinski definition) is 4. The molecule has 1 amide bonds. The number of carbonyl (C=O) groups excluding carboxylic acids is 1. The molecule has 2 aromatic carbocycles. The van der Waals surface area contributed by atoms with Gasteiger partial charge in [-0.25, -0.2) is 9.97 Å². The van der Waals surface area contributed by atoms with Crippen molar-refractivity contribution < 1.29 is 4.79 Å². The van der Waals surface area contributed by atoms with Gasteiger partial charge in [0, 0.05) is 18.4 Å². The molecular weight excluding hydrogens is 324 g/mol. The SMILES string of the molecule is CCCNc1nccc(C(=O)N(Cc2ccccc2)c2ccccc2)n1. The van der Waals surface area contributed by atoms with Crippen LogP contribution >= 0.6 is 0 Å². The number of amides is 1. The quantitative estimate of drug-likeness (QED) is 0.698. The summed E-state index contributed by atoms with van der Waals surface area (Å²) in [5, 5.41) is 3.13. The van der Waals surface area contributed by atoms with Gasteiger partial charge in [-0.15, -0.1) is 0 Å². The zero-order valence-electron chi connectivity index (χ0n) is 14.8. The maximum absolute atomic E-state index is 13.2. The lowest BCUT2D eigenvalue weighted by atomic mass is 10.2. The second-order valence-electron chi connectivity index (χ2n) is 5.90. The van der Waals surface area contributed by atoms with Gasteiger partial charge in [-0.05, 0) is 30.2 Å². The fraction of sp³-hybridized carbons (Fsp3) is 0.190. The second-order valence-corrected chi connectivity index (χ2v) is 5.90. The van der Waals surface area contributed by atoms with Crippen molar-refractivity contribution >= 4 is 17.5 Å². The van der Waals surface area contributed by atoms with Gasteiger partial charge in [-0.3, -0.25) is 4.79 Å². The van der Waals surface area contributed by atoms with E-state index in [0.717, 1.165) is 24.2 Å². The van der Waals surface area contributed by atoms with Crippen molar-refractivity contribution in [1.82, 2.24) is 9.97 Å². The normalized spacial score (nSPS) is 10.3. The molecule has 1 N–H and O–H groups in total. The first-order chi connectivity index (χ1) is 12.8. The molecule has 0 radical (unpaired) electrons. The van der Waals surface area contributed by atoms with Gasteiger partial charge in [0.25, 0.3) is 5.91 Å². The molecule has 0 aliphatic carbocycles. The van der Waals surface area contributed by atoms with E-state index in [4.69, 9.17) is 0 Å². The second kappa shape index (κ2) is 8.76. The maximum Gasteiger partial charge on any atom is 0.277 e. The number of aromatic nitrogens is 2. The van der Waals surface area contributed by atoms with E-state index in [1.807, 2.05) is 60.7 Å². The van der Waals surface area contributed by atoms with Crippen LogP contribution in [-0.4, -0.2) is 22.4 Å². The molecule has 0 aliphatic rings. The Balaban J connectivity index is 1.90. The molecular formula is C21H22N4O. The molecule has 0 unspecified atom stereocenters. The minimum Gasteiger partial charge on any atom is -0.354 e. The molecule has 1 aromatic heterocycles. The minimum atomic E-state index is -0.151. The van der Waals surface area contributed by atoms with Gasteiger partial charge >= 0.3 is 0 Å². The average molecular weight is 346 g/mol. The molecule has 0 bridgehead atoms. The number of carbonyl (C=O) groups is 1. The van der Waals surface area contributed by atoms with Gasteiger partial charge in [0.15, 0.2) is 0 Å². The molecule has 0 aliphatic heterocycles. The van der Waals surface area contributed by atoms with Crippen molar-refractivity contribution in [3.8, 4) is 0 Å². The van der Waals surface area contributed by atoms with Crippen molar-refractivity contribution in [2.45, 2.75) is 19.9 Å². The monoisotopic (exact) mass is 346 g/mol. The average Bonchev–Trinajstić information content (AvgIpc) is 2.71. The first-order valence-corrected chi connectivity index (χ1v) is 8.75. The van der Waals surface area contributed by atoms with Crippen LogP contribution in [0.5, 0.6) is 0 Å². The third-order valence-electron chi connectivity index (χ3n) is 3.90. The molecule has 26 heavy (non-hydrogen) atoms. The van der Waals surface area contributed by atoms with Crippen LogP contribution in [0.1, 0.15) is 29.4 Å². The Morgan fingerprint density at radius 1 is 1.00 bits per heavy atom. The Morgan fingerprint density at radius 2 is 1.69 bits per heavy atom. The van der Waals surface area contributed by atoms with E-state index in [-0.39, 0.29) is 5.91 Å². The van der Waals surface area contributed by atoms with Crippen LogP contribution in [-0.2, 0) is 6.54 Å². The highest BCUT2D eigenvalue weighted by Gasteiger charge is 2.20. The van der Waals surface area contributed by atoms with Crippen LogP contribution in [0.3, 0.4) is 0 Å². The Morgan fingerprint density at radius 3 is 2.38 bits per heavy atom. The van der Waals surface area contributed by atoms with Gasteiger partial charge in [0.2, 0.25) is 5.95 Å². The molecule has 0 fully saturated rings. The van der Waals surface area contributed by atoms with E-state index >= 15 is 0 Å². The van der Waals surface area contributed by atoms with Crippen LogP contribution < -0.4 is 10.2 Å². The molecule has 3 aromatic rings. The molecule has 0 atom stereocenters. The third-order valence-corrected chi connectivity index (χ3v) is 3.90. The van der Waals surface area contributed by atoms with E-state index in [1.54, 1.807) is 17.2 Å². The molecule has 0 spiro atoms. The van der Waals surface area contributed by atoms with Gasteiger partial charge in [-0.2, -0.15) is 0 Å². The minimum absolute atomic E-state index is 0.151. The van der Waals surface area contributed by atoms with Gasteiger partial charge in [0.05, 0.1) is 6.54 Å². The number of benzene rings is 2. The number of anilines is 2. The van der Waals surface area contributed by atoms with E-state index in [9.17, 15) is 4.79 Å². The molecule has 0 saturated heterocycles. The summed E-state index contributed by atoms with van der Waals surface area (Å²) in [5.41, 5.74) is 2.27. The van der Waals surface area contributed by atoms with Crippen LogP contribution in [0.15, 0.2) is 72.9 Å². The zero-order chi connectivity index (χ0) is 18.2. The Bertz CT molecular complexity index is 837. The standard InChI is InChI=1S/C21H22N4O/c1-2-14-22-21-23-15-13-19(24-21)20(26)25(18-11-7-4-8-12-18)16-17-9-5-3-6-10-17/h3-13,15H,2,14,16H2,1H3,(H,22,23,24). The molecule has 132 valence electrons. The molecule has 0 saturated carbocycles. The third kappa shape index (κ3) is 4.45. The Kier molecular flexibility index (Phi) is 5.93. The summed E-state index contributed by atoms with van der Waals surface area (Å²) in [4.78, 5) is 23.5. The largest absolute Gasteiger partial charge is 0.354 e. The van der Waals surface area contributed by atoms with Gasteiger partial charge < -0.3 is 10.2 Å². The lowest BCUT2D eigenvalue weighted by molar-refractivity contribution is 0.0980. The van der Waals surface area contributed by atoms with Crippen molar-refractivity contribution in [2.24, 2.45) is 0 Å². The van der Waals surface area contributed by atoms with Gasteiger partial charge in [0.1, 0.15) is 5.69 Å². The first kappa shape index (κ1) is 17.6. The first-order valence-electron chi connectivity index (χ1n) is 8.75. The Hall–Kier alpha value is -3.21.